The Labute approximate surface area is 190 Å². The molecule has 0 aromatic heterocycles. The Bertz CT molecular complexity index is 791. The summed E-state index contributed by atoms with van der Waals surface area (Å²) in [4.78, 5) is 48.5. The van der Waals surface area contributed by atoms with Crippen LogP contribution in [-0.4, -0.2) is 81.8 Å². The van der Waals surface area contributed by atoms with Crippen molar-refractivity contribution >= 4 is 35.5 Å². The lowest BCUT2D eigenvalue weighted by molar-refractivity contribution is -0.143. The molecule has 4 unspecified atom stereocenters. The summed E-state index contributed by atoms with van der Waals surface area (Å²) in [5.74, 6) is -2.75. The van der Waals surface area contributed by atoms with Crippen LogP contribution < -0.4 is 21.7 Å². The number of aliphatic hydroxyl groups is 1. The van der Waals surface area contributed by atoms with E-state index in [0.717, 1.165) is 0 Å². The van der Waals surface area contributed by atoms with E-state index in [-0.39, 0.29) is 12.2 Å². The van der Waals surface area contributed by atoms with Crippen molar-refractivity contribution in [3.63, 3.8) is 0 Å². The van der Waals surface area contributed by atoms with E-state index in [4.69, 9.17) is 15.9 Å². The Hall–Kier alpha value is -2.83. The smallest absolute Gasteiger partial charge is 0.328 e. The van der Waals surface area contributed by atoms with Crippen molar-refractivity contribution in [3.05, 3.63) is 29.8 Å². The highest BCUT2D eigenvalue weighted by Gasteiger charge is 2.28. The number of nitrogens with two attached hydrogens (primary N) is 1. The normalized spacial score (nSPS) is 14.5. The lowest BCUT2D eigenvalue weighted by Gasteiger charge is -2.23. The zero-order valence-corrected chi connectivity index (χ0v) is 18.7. The fourth-order valence-corrected chi connectivity index (χ4v) is 3.08. The Morgan fingerprint density at radius 2 is 1.59 bits per heavy atom. The predicted octanol–water partition coefficient (Wildman–Crippen LogP) is -1.43. The van der Waals surface area contributed by atoms with E-state index >= 15 is 0 Å². The highest BCUT2D eigenvalue weighted by atomic mass is 32.2. The van der Waals surface area contributed by atoms with Gasteiger partial charge in [-0.2, -0.15) is 11.8 Å². The molecule has 0 bridgehead atoms. The molecule has 1 rings (SSSR count). The Morgan fingerprint density at radius 3 is 2.12 bits per heavy atom. The number of phenols is 1. The average molecular weight is 471 g/mol. The zero-order valence-electron chi connectivity index (χ0n) is 17.9. The molecule has 0 fully saturated rings. The van der Waals surface area contributed by atoms with Crippen LogP contribution in [0.15, 0.2) is 24.3 Å². The van der Waals surface area contributed by atoms with Gasteiger partial charge in [-0.25, -0.2) is 4.79 Å². The molecule has 32 heavy (non-hydrogen) atoms. The number of aliphatic hydroxyl groups excluding tert-OH is 1. The van der Waals surface area contributed by atoms with Crippen LogP contribution in [-0.2, 0) is 25.6 Å². The summed E-state index contributed by atoms with van der Waals surface area (Å²) in [7, 11) is 0. The number of carbonyl (C=O) groups is 4. The van der Waals surface area contributed by atoms with Crippen LogP contribution >= 0.6 is 11.8 Å². The molecule has 0 saturated carbocycles. The lowest BCUT2D eigenvalue weighted by atomic mass is 10.0. The predicted molar refractivity (Wildman–Crippen MR) is 119 cm³/mol. The van der Waals surface area contributed by atoms with Gasteiger partial charge in [-0.15, -0.1) is 0 Å². The van der Waals surface area contributed by atoms with Gasteiger partial charge in [0, 0.05) is 6.42 Å². The second-order valence-corrected chi connectivity index (χ2v) is 8.12. The second-order valence-electron chi connectivity index (χ2n) is 7.13. The average Bonchev–Trinajstić information content (AvgIpc) is 2.75. The quantitative estimate of drug-likeness (QED) is 0.181. The minimum absolute atomic E-state index is 0.0131. The van der Waals surface area contributed by atoms with Crippen molar-refractivity contribution in [1.82, 2.24) is 16.0 Å². The molecule has 8 N–H and O–H groups in total. The number of hydrogen-bond acceptors (Lipinski definition) is 8. The fraction of sp³-hybridized carbons (Fsp3) is 0.500. The van der Waals surface area contributed by atoms with E-state index in [1.54, 1.807) is 12.1 Å². The molecule has 178 valence electrons. The fourth-order valence-electron chi connectivity index (χ4n) is 2.59. The highest BCUT2D eigenvalue weighted by Crippen LogP contribution is 2.12. The maximum absolute atomic E-state index is 12.6. The number of carbonyl (C=O) groups excluding carboxylic acids is 3. The number of benzene rings is 1. The van der Waals surface area contributed by atoms with Gasteiger partial charge in [0.1, 0.15) is 23.9 Å². The standard InChI is InChI=1S/C20H30N4O7S/c1-11(22-18(28)14(21)7-8-32-2)17(27)23-15(9-12-3-5-13(26)6-4-12)19(29)24-16(10-25)20(30)31/h3-6,11,14-16,25-26H,7-10,21H2,1-2H3,(H,22,28)(H,23,27)(H,24,29)(H,30,31). The number of phenolic OH excluding ortho intramolecular Hbond substituents is 1. The van der Waals surface area contributed by atoms with Gasteiger partial charge in [0.05, 0.1) is 12.6 Å². The first-order chi connectivity index (χ1) is 15.1. The van der Waals surface area contributed by atoms with Crippen LogP contribution in [0.5, 0.6) is 5.75 Å². The number of hydrogen-bond donors (Lipinski definition) is 7. The van der Waals surface area contributed by atoms with E-state index in [9.17, 15) is 24.3 Å². The van der Waals surface area contributed by atoms with E-state index in [1.807, 2.05) is 6.26 Å². The van der Waals surface area contributed by atoms with Gasteiger partial charge >= 0.3 is 5.97 Å². The number of aromatic hydroxyl groups is 1. The van der Waals surface area contributed by atoms with Gasteiger partial charge in [-0.3, -0.25) is 14.4 Å². The van der Waals surface area contributed by atoms with Gasteiger partial charge in [-0.1, -0.05) is 12.1 Å². The van der Waals surface area contributed by atoms with Crippen molar-refractivity contribution in [1.29, 1.82) is 0 Å². The third kappa shape index (κ3) is 9.12. The second kappa shape index (κ2) is 13.6. The summed E-state index contributed by atoms with van der Waals surface area (Å²) in [5.41, 5.74) is 6.37. The topological polar surface area (TPSA) is 191 Å². The minimum Gasteiger partial charge on any atom is -0.508 e. The number of aliphatic carboxylic acids is 1. The van der Waals surface area contributed by atoms with Crippen molar-refractivity contribution in [2.75, 3.05) is 18.6 Å². The molecular formula is C20H30N4O7S. The molecule has 0 saturated heterocycles. The highest BCUT2D eigenvalue weighted by molar-refractivity contribution is 7.98. The molecule has 0 radical (unpaired) electrons. The van der Waals surface area contributed by atoms with Crippen LogP contribution in [0.25, 0.3) is 0 Å². The summed E-state index contributed by atoms with van der Waals surface area (Å²) in [6, 6.07) is 1.34. The number of nitrogens with one attached hydrogen (secondary N) is 3. The molecule has 0 heterocycles. The van der Waals surface area contributed by atoms with Crippen LogP contribution in [0.3, 0.4) is 0 Å². The first kappa shape index (κ1) is 27.2. The first-order valence-electron chi connectivity index (χ1n) is 9.86. The molecular weight excluding hydrogens is 440 g/mol. The first-order valence-corrected chi connectivity index (χ1v) is 11.3. The maximum atomic E-state index is 12.6. The van der Waals surface area contributed by atoms with Crippen molar-refractivity contribution in [2.45, 2.75) is 43.9 Å². The van der Waals surface area contributed by atoms with Gasteiger partial charge in [0.2, 0.25) is 17.7 Å². The summed E-state index contributed by atoms with van der Waals surface area (Å²) < 4.78 is 0. The van der Waals surface area contributed by atoms with Crippen molar-refractivity contribution in [3.8, 4) is 5.75 Å². The van der Waals surface area contributed by atoms with Crippen molar-refractivity contribution < 1.29 is 34.5 Å². The summed E-state index contributed by atoms with van der Waals surface area (Å²) in [6.45, 7) is 0.596. The maximum Gasteiger partial charge on any atom is 0.328 e. The third-order valence-corrected chi connectivity index (χ3v) is 5.17. The monoisotopic (exact) mass is 470 g/mol. The van der Waals surface area contributed by atoms with Gasteiger partial charge < -0.3 is 37.0 Å². The molecule has 0 spiro atoms. The van der Waals surface area contributed by atoms with E-state index in [2.05, 4.69) is 16.0 Å². The van der Waals surface area contributed by atoms with E-state index in [0.29, 0.717) is 17.7 Å². The molecule has 0 aliphatic heterocycles. The van der Waals surface area contributed by atoms with Gasteiger partial charge in [-0.05, 0) is 43.0 Å². The van der Waals surface area contributed by atoms with E-state index < -0.39 is 54.5 Å². The van der Waals surface area contributed by atoms with Gasteiger partial charge in [0.25, 0.3) is 0 Å². The number of thioether (sulfide) groups is 1. The molecule has 0 aliphatic carbocycles. The van der Waals surface area contributed by atoms with Gasteiger partial charge in [0.15, 0.2) is 0 Å². The number of carboxylic acid groups (broad SMARTS) is 1. The molecule has 0 aliphatic rings. The SMILES string of the molecule is CSCCC(N)C(=O)NC(C)C(=O)NC(Cc1ccc(O)cc1)C(=O)NC(CO)C(=O)O. The molecule has 3 amide bonds. The number of carboxylic acids is 1. The van der Waals surface area contributed by atoms with Crippen LogP contribution in [0.4, 0.5) is 0 Å². The lowest BCUT2D eigenvalue weighted by Crippen LogP contribution is -2.57. The zero-order chi connectivity index (χ0) is 24.3. The minimum atomic E-state index is -1.55. The molecule has 1 aromatic rings. The molecule has 4 atom stereocenters. The van der Waals surface area contributed by atoms with Crippen molar-refractivity contribution in [2.24, 2.45) is 5.73 Å². The van der Waals surface area contributed by atoms with Crippen LogP contribution in [0.1, 0.15) is 18.9 Å². The van der Waals surface area contributed by atoms with Crippen LogP contribution in [0.2, 0.25) is 0 Å². The summed E-state index contributed by atoms with van der Waals surface area (Å²) >= 11 is 1.54. The largest absolute Gasteiger partial charge is 0.508 e. The third-order valence-electron chi connectivity index (χ3n) is 4.53. The Kier molecular flexibility index (Phi) is 11.5. The number of amides is 3. The molecule has 1 aromatic carbocycles. The van der Waals surface area contributed by atoms with Crippen LogP contribution in [0, 0.1) is 0 Å². The molecule has 11 nitrogen and oxygen atoms in total. The van der Waals surface area contributed by atoms with E-state index in [1.165, 1.54) is 30.8 Å². The Morgan fingerprint density at radius 1 is 1.00 bits per heavy atom. The summed E-state index contributed by atoms with van der Waals surface area (Å²) in [6.07, 6.45) is 2.29. The molecule has 12 heteroatoms. The summed E-state index contributed by atoms with van der Waals surface area (Å²) in [5, 5.41) is 34.8. The number of rotatable bonds is 13. The Balaban J connectivity index is 2.89.